The van der Waals surface area contributed by atoms with E-state index in [1.165, 1.54) is 0 Å². The molecule has 0 saturated carbocycles. The summed E-state index contributed by atoms with van der Waals surface area (Å²) in [6.07, 6.45) is 0. The quantitative estimate of drug-likeness (QED) is 0.468. The summed E-state index contributed by atoms with van der Waals surface area (Å²) in [6, 6.07) is 1.55. The standard InChI is InChI=1S/C9H6BrN3O4/c1-3-2-4-6(7(5(3)10)13(16)17)12-9(15)8(14)11-4/h2H,1H3,(H,11,14)(H,12,15). The number of H-pyrrole nitrogens is 2. The minimum atomic E-state index is -0.920. The van der Waals surface area contributed by atoms with Crippen molar-refractivity contribution >= 4 is 32.7 Å². The van der Waals surface area contributed by atoms with Gasteiger partial charge in [-0.15, -0.1) is 0 Å². The molecule has 8 heteroatoms. The highest BCUT2D eigenvalue weighted by Crippen LogP contribution is 2.33. The van der Waals surface area contributed by atoms with Crippen LogP contribution >= 0.6 is 15.9 Å². The Balaban J connectivity index is 3.09. The monoisotopic (exact) mass is 299 g/mol. The summed E-state index contributed by atoms with van der Waals surface area (Å²) in [4.78, 5) is 37.1. The number of fused-ring (bicyclic) bond motifs is 1. The van der Waals surface area contributed by atoms with Crippen LogP contribution in [0.1, 0.15) is 5.56 Å². The first kappa shape index (κ1) is 11.5. The normalized spacial score (nSPS) is 10.7. The Bertz CT molecular complexity index is 746. The van der Waals surface area contributed by atoms with Gasteiger partial charge in [0.25, 0.3) is 0 Å². The summed E-state index contributed by atoms with van der Waals surface area (Å²) < 4.78 is 0.276. The number of nitrogens with one attached hydrogen (secondary N) is 2. The number of nitrogens with zero attached hydrogens (tertiary/aromatic N) is 1. The molecule has 0 aliphatic carbocycles. The highest BCUT2D eigenvalue weighted by atomic mass is 79.9. The van der Waals surface area contributed by atoms with Gasteiger partial charge in [0.1, 0.15) is 9.99 Å². The van der Waals surface area contributed by atoms with E-state index in [-0.39, 0.29) is 21.2 Å². The number of nitro benzene ring substituents is 1. The maximum Gasteiger partial charge on any atom is 0.314 e. The maximum absolute atomic E-state index is 11.2. The van der Waals surface area contributed by atoms with E-state index in [2.05, 4.69) is 25.9 Å². The van der Waals surface area contributed by atoms with Crippen LogP contribution in [0.5, 0.6) is 0 Å². The number of rotatable bonds is 1. The van der Waals surface area contributed by atoms with Crippen LogP contribution in [-0.2, 0) is 0 Å². The maximum atomic E-state index is 11.2. The van der Waals surface area contributed by atoms with Crippen molar-refractivity contribution < 1.29 is 4.92 Å². The molecule has 88 valence electrons. The van der Waals surface area contributed by atoms with Gasteiger partial charge in [-0.2, -0.15) is 0 Å². The molecule has 7 nitrogen and oxygen atoms in total. The van der Waals surface area contributed by atoms with Crippen LogP contribution in [-0.4, -0.2) is 14.9 Å². The minimum absolute atomic E-state index is 0.00271. The van der Waals surface area contributed by atoms with Crippen LogP contribution < -0.4 is 11.1 Å². The Morgan fingerprint density at radius 1 is 1.29 bits per heavy atom. The lowest BCUT2D eigenvalue weighted by molar-refractivity contribution is -0.384. The number of aromatic amines is 2. The fraction of sp³-hybridized carbons (Fsp3) is 0.111. The first-order valence-corrected chi connectivity index (χ1v) is 5.31. The van der Waals surface area contributed by atoms with Crippen molar-refractivity contribution in [2.45, 2.75) is 6.92 Å². The van der Waals surface area contributed by atoms with E-state index < -0.39 is 16.0 Å². The van der Waals surface area contributed by atoms with Gasteiger partial charge in [-0.25, -0.2) is 0 Å². The summed E-state index contributed by atoms with van der Waals surface area (Å²) >= 11 is 3.09. The number of nitro groups is 1. The van der Waals surface area contributed by atoms with Crippen molar-refractivity contribution in [3.63, 3.8) is 0 Å². The van der Waals surface area contributed by atoms with Gasteiger partial charge in [0.2, 0.25) is 0 Å². The zero-order valence-corrected chi connectivity index (χ0v) is 10.1. The number of aromatic nitrogens is 2. The molecule has 1 aromatic carbocycles. The SMILES string of the molecule is Cc1cc2[nH]c(=O)c(=O)[nH]c2c([N+](=O)[O-])c1Br. The lowest BCUT2D eigenvalue weighted by atomic mass is 10.2. The van der Waals surface area contributed by atoms with E-state index in [9.17, 15) is 19.7 Å². The van der Waals surface area contributed by atoms with E-state index in [0.29, 0.717) is 5.56 Å². The lowest BCUT2D eigenvalue weighted by Crippen LogP contribution is -2.29. The molecule has 0 bridgehead atoms. The third-order valence-electron chi connectivity index (χ3n) is 2.30. The molecule has 1 heterocycles. The van der Waals surface area contributed by atoms with E-state index in [0.717, 1.165) is 0 Å². The average molecular weight is 300 g/mol. The molecule has 0 unspecified atom stereocenters. The predicted octanol–water partition coefficient (Wildman–Crippen LogP) is 1.20. The van der Waals surface area contributed by atoms with Crippen molar-refractivity contribution in [1.82, 2.24) is 9.97 Å². The second-order valence-electron chi connectivity index (χ2n) is 3.44. The Hall–Kier alpha value is -1.96. The zero-order chi connectivity index (χ0) is 12.7. The number of halogens is 1. The molecule has 0 spiro atoms. The fourth-order valence-electron chi connectivity index (χ4n) is 1.52. The van der Waals surface area contributed by atoms with Gasteiger partial charge in [-0.1, -0.05) is 0 Å². The molecule has 17 heavy (non-hydrogen) atoms. The summed E-state index contributed by atoms with van der Waals surface area (Å²) in [6.45, 7) is 1.65. The molecule has 0 amide bonds. The van der Waals surface area contributed by atoms with Gasteiger partial charge in [0.15, 0.2) is 0 Å². The van der Waals surface area contributed by atoms with Crippen LogP contribution in [0.4, 0.5) is 5.69 Å². The van der Waals surface area contributed by atoms with Crippen molar-refractivity contribution in [2.75, 3.05) is 0 Å². The average Bonchev–Trinajstić information content (AvgIpc) is 2.23. The van der Waals surface area contributed by atoms with Crippen LogP contribution in [0.25, 0.3) is 11.0 Å². The topological polar surface area (TPSA) is 109 Å². The van der Waals surface area contributed by atoms with Gasteiger partial charge >= 0.3 is 16.8 Å². The van der Waals surface area contributed by atoms with Gasteiger partial charge in [-0.05, 0) is 34.5 Å². The first-order valence-electron chi connectivity index (χ1n) is 4.51. The molecular weight excluding hydrogens is 294 g/mol. The Morgan fingerprint density at radius 3 is 2.47 bits per heavy atom. The molecule has 0 aliphatic heterocycles. The van der Waals surface area contributed by atoms with Gasteiger partial charge < -0.3 is 9.97 Å². The van der Waals surface area contributed by atoms with E-state index in [1.54, 1.807) is 13.0 Å². The molecule has 1 aromatic heterocycles. The number of hydrogen-bond acceptors (Lipinski definition) is 4. The van der Waals surface area contributed by atoms with E-state index >= 15 is 0 Å². The van der Waals surface area contributed by atoms with Gasteiger partial charge in [-0.3, -0.25) is 19.7 Å². The zero-order valence-electron chi connectivity index (χ0n) is 8.54. The van der Waals surface area contributed by atoms with Crippen molar-refractivity contribution in [2.24, 2.45) is 0 Å². The highest BCUT2D eigenvalue weighted by molar-refractivity contribution is 9.10. The van der Waals surface area contributed by atoms with Crippen LogP contribution in [0.3, 0.4) is 0 Å². The lowest BCUT2D eigenvalue weighted by Gasteiger charge is -2.04. The number of aryl methyl sites for hydroxylation is 1. The van der Waals surface area contributed by atoms with Crippen molar-refractivity contribution in [1.29, 1.82) is 0 Å². The highest BCUT2D eigenvalue weighted by Gasteiger charge is 2.21. The molecule has 0 aliphatic rings. The number of benzene rings is 1. The van der Waals surface area contributed by atoms with Crippen LogP contribution in [0.15, 0.2) is 20.1 Å². The van der Waals surface area contributed by atoms with Crippen LogP contribution in [0.2, 0.25) is 0 Å². The minimum Gasteiger partial charge on any atom is -0.316 e. The number of hydrogen-bond donors (Lipinski definition) is 2. The molecule has 0 radical (unpaired) electrons. The molecule has 0 atom stereocenters. The Labute approximate surface area is 102 Å². The van der Waals surface area contributed by atoms with Gasteiger partial charge in [0, 0.05) is 0 Å². The van der Waals surface area contributed by atoms with Crippen LogP contribution in [0, 0.1) is 17.0 Å². The van der Waals surface area contributed by atoms with Crippen molar-refractivity contribution in [3.05, 3.63) is 46.9 Å². The summed E-state index contributed by atoms with van der Waals surface area (Å²) in [5.74, 6) is 0. The Morgan fingerprint density at radius 2 is 1.88 bits per heavy atom. The van der Waals surface area contributed by atoms with Crippen molar-refractivity contribution in [3.8, 4) is 0 Å². The Kier molecular flexibility index (Phi) is 2.58. The molecule has 0 fully saturated rings. The largest absolute Gasteiger partial charge is 0.316 e. The van der Waals surface area contributed by atoms with E-state index in [1.807, 2.05) is 0 Å². The fourth-order valence-corrected chi connectivity index (χ4v) is 1.98. The third-order valence-corrected chi connectivity index (χ3v) is 3.30. The molecule has 2 aromatic rings. The van der Waals surface area contributed by atoms with Gasteiger partial charge in [0.05, 0.1) is 10.4 Å². The summed E-state index contributed by atoms with van der Waals surface area (Å²) in [5, 5.41) is 10.9. The molecule has 0 saturated heterocycles. The smallest absolute Gasteiger partial charge is 0.314 e. The first-order chi connectivity index (χ1) is 7.91. The molecular formula is C9H6BrN3O4. The third kappa shape index (κ3) is 1.76. The molecule has 2 N–H and O–H groups in total. The van der Waals surface area contributed by atoms with E-state index in [4.69, 9.17) is 0 Å². The second kappa shape index (κ2) is 3.81. The molecule has 2 rings (SSSR count). The predicted molar refractivity (Wildman–Crippen MR) is 64.3 cm³/mol. The summed E-state index contributed by atoms with van der Waals surface area (Å²) in [5.41, 5.74) is -1.22. The second-order valence-corrected chi connectivity index (χ2v) is 4.24. The summed E-state index contributed by atoms with van der Waals surface area (Å²) in [7, 11) is 0.